The summed E-state index contributed by atoms with van der Waals surface area (Å²) in [5.74, 6) is 0.697. The number of nitrogens with zero attached hydrogens (tertiary/aromatic N) is 2. The topological polar surface area (TPSA) is 45.9 Å². The van der Waals surface area contributed by atoms with E-state index in [2.05, 4.69) is 4.98 Å². The van der Waals surface area contributed by atoms with Crippen molar-refractivity contribution in [1.82, 2.24) is 4.98 Å². The van der Waals surface area contributed by atoms with Crippen LogP contribution in [0.3, 0.4) is 0 Å². The maximum atomic E-state index is 8.72. The molecule has 0 N–H and O–H groups in total. The lowest BCUT2D eigenvalue weighted by atomic mass is 10.2. The average Bonchev–Trinajstić information content (AvgIpc) is 2.77. The van der Waals surface area contributed by atoms with Crippen LogP contribution in [0.1, 0.15) is 5.69 Å². The first-order valence-electron chi connectivity index (χ1n) is 4.44. The molecule has 0 amide bonds. The summed E-state index contributed by atoms with van der Waals surface area (Å²) in [5, 5.41) is 11.8. The van der Waals surface area contributed by atoms with E-state index in [1.807, 2.05) is 6.07 Å². The maximum absolute atomic E-state index is 8.72. The van der Waals surface area contributed by atoms with Crippen LogP contribution in [0, 0.1) is 11.3 Å². The standard InChI is InChI=1S/C11H7ClN2OS/c1-15-10-3-2-7(12)4-9(10)11-14-8(5-13)6-16-11/h2-4,6H,1H3. The number of halogens is 1. The number of hydrogen-bond acceptors (Lipinski definition) is 4. The van der Waals surface area contributed by atoms with Crippen LogP contribution in [0.25, 0.3) is 10.6 Å². The van der Waals surface area contributed by atoms with Crippen LogP contribution in [0.15, 0.2) is 23.6 Å². The SMILES string of the molecule is COc1ccc(Cl)cc1-c1nc(C#N)cs1. The van der Waals surface area contributed by atoms with Crippen molar-refractivity contribution in [2.75, 3.05) is 7.11 Å². The van der Waals surface area contributed by atoms with E-state index in [1.165, 1.54) is 11.3 Å². The summed E-state index contributed by atoms with van der Waals surface area (Å²) in [4.78, 5) is 4.17. The minimum absolute atomic E-state index is 0.405. The fourth-order valence-corrected chi connectivity index (χ4v) is 2.23. The maximum Gasteiger partial charge on any atom is 0.152 e. The van der Waals surface area contributed by atoms with Gasteiger partial charge in [-0.15, -0.1) is 11.3 Å². The van der Waals surface area contributed by atoms with Crippen LogP contribution >= 0.6 is 22.9 Å². The molecule has 16 heavy (non-hydrogen) atoms. The number of rotatable bonds is 2. The van der Waals surface area contributed by atoms with Crippen molar-refractivity contribution in [3.63, 3.8) is 0 Å². The molecule has 1 heterocycles. The average molecular weight is 251 g/mol. The molecule has 80 valence electrons. The van der Waals surface area contributed by atoms with E-state index in [0.29, 0.717) is 16.5 Å². The Bertz CT molecular complexity index is 559. The van der Waals surface area contributed by atoms with Gasteiger partial charge in [0.2, 0.25) is 0 Å². The Morgan fingerprint density at radius 1 is 1.50 bits per heavy atom. The lowest BCUT2D eigenvalue weighted by molar-refractivity contribution is 0.416. The van der Waals surface area contributed by atoms with Gasteiger partial charge in [-0.05, 0) is 18.2 Å². The van der Waals surface area contributed by atoms with E-state index in [-0.39, 0.29) is 0 Å². The van der Waals surface area contributed by atoms with Crippen LogP contribution in [-0.2, 0) is 0 Å². The highest BCUT2D eigenvalue weighted by atomic mass is 35.5. The molecule has 2 aromatic rings. The van der Waals surface area contributed by atoms with Crippen molar-refractivity contribution in [2.45, 2.75) is 0 Å². The first-order valence-corrected chi connectivity index (χ1v) is 5.70. The smallest absolute Gasteiger partial charge is 0.152 e. The molecule has 2 rings (SSSR count). The van der Waals surface area contributed by atoms with E-state index in [0.717, 1.165) is 10.6 Å². The first-order chi connectivity index (χ1) is 7.74. The fourth-order valence-electron chi connectivity index (χ4n) is 1.30. The third-order valence-electron chi connectivity index (χ3n) is 2.01. The predicted octanol–water partition coefficient (Wildman–Crippen LogP) is 3.34. The van der Waals surface area contributed by atoms with Crippen LogP contribution in [0.5, 0.6) is 5.75 Å². The Morgan fingerprint density at radius 2 is 2.31 bits per heavy atom. The summed E-state index contributed by atoms with van der Waals surface area (Å²) >= 11 is 7.31. The second-order valence-corrected chi connectivity index (χ2v) is 4.29. The molecule has 0 bridgehead atoms. The Kier molecular flexibility index (Phi) is 3.09. The zero-order valence-electron chi connectivity index (χ0n) is 8.40. The number of aromatic nitrogens is 1. The highest BCUT2D eigenvalue weighted by Gasteiger charge is 2.10. The zero-order chi connectivity index (χ0) is 11.5. The molecule has 0 aliphatic heterocycles. The quantitative estimate of drug-likeness (QED) is 0.821. The molecule has 1 aromatic heterocycles. The molecular weight excluding hydrogens is 244 g/mol. The number of methoxy groups -OCH3 is 1. The van der Waals surface area contributed by atoms with Crippen LogP contribution in [0.2, 0.25) is 5.02 Å². The molecule has 5 heteroatoms. The number of hydrogen-bond donors (Lipinski definition) is 0. The Balaban J connectivity index is 2.54. The second kappa shape index (κ2) is 4.52. The minimum Gasteiger partial charge on any atom is -0.496 e. The van der Waals surface area contributed by atoms with E-state index in [4.69, 9.17) is 21.6 Å². The summed E-state index contributed by atoms with van der Waals surface area (Å²) in [6, 6.07) is 7.31. The highest BCUT2D eigenvalue weighted by molar-refractivity contribution is 7.13. The molecule has 0 atom stereocenters. The molecule has 0 radical (unpaired) electrons. The van der Waals surface area contributed by atoms with Gasteiger partial charge in [-0.2, -0.15) is 5.26 Å². The number of ether oxygens (including phenoxy) is 1. The second-order valence-electron chi connectivity index (χ2n) is 2.99. The zero-order valence-corrected chi connectivity index (χ0v) is 9.97. The van der Waals surface area contributed by atoms with Crippen molar-refractivity contribution in [3.05, 3.63) is 34.3 Å². The molecule has 3 nitrogen and oxygen atoms in total. The fraction of sp³-hybridized carbons (Fsp3) is 0.0909. The number of benzene rings is 1. The van der Waals surface area contributed by atoms with Gasteiger partial charge in [0.05, 0.1) is 12.7 Å². The molecule has 0 aliphatic carbocycles. The highest BCUT2D eigenvalue weighted by Crippen LogP contribution is 2.34. The van der Waals surface area contributed by atoms with Crippen LogP contribution < -0.4 is 4.74 Å². The van der Waals surface area contributed by atoms with E-state index < -0.39 is 0 Å². The number of thiazole rings is 1. The van der Waals surface area contributed by atoms with Gasteiger partial charge in [-0.1, -0.05) is 11.6 Å². The Morgan fingerprint density at radius 3 is 2.94 bits per heavy atom. The molecule has 0 unspecified atom stereocenters. The van der Waals surface area contributed by atoms with Gasteiger partial charge in [0.15, 0.2) is 5.69 Å². The minimum atomic E-state index is 0.405. The van der Waals surface area contributed by atoms with Gasteiger partial charge in [0.25, 0.3) is 0 Å². The molecule has 0 saturated heterocycles. The third-order valence-corrected chi connectivity index (χ3v) is 3.12. The molecule has 0 fully saturated rings. The molecular formula is C11H7ClN2OS. The summed E-state index contributed by atoms with van der Waals surface area (Å²) in [6.45, 7) is 0. The van der Waals surface area contributed by atoms with Crippen molar-refractivity contribution in [3.8, 4) is 22.4 Å². The predicted molar refractivity (Wildman–Crippen MR) is 63.8 cm³/mol. The van der Waals surface area contributed by atoms with E-state index >= 15 is 0 Å². The van der Waals surface area contributed by atoms with Gasteiger partial charge < -0.3 is 4.74 Å². The molecule has 0 saturated carbocycles. The molecule has 0 spiro atoms. The summed E-state index contributed by atoms with van der Waals surface area (Å²) in [5.41, 5.74) is 1.21. The van der Waals surface area contributed by atoms with Crippen molar-refractivity contribution in [2.24, 2.45) is 0 Å². The van der Waals surface area contributed by atoms with Crippen molar-refractivity contribution in [1.29, 1.82) is 5.26 Å². The van der Waals surface area contributed by atoms with E-state index in [9.17, 15) is 0 Å². The Hall–Kier alpha value is -1.57. The van der Waals surface area contributed by atoms with Crippen molar-refractivity contribution < 1.29 is 4.74 Å². The third kappa shape index (κ3) is 2.01. The Labute approximate surface area is 102 Å². The van der Waals surface area contributed by atoms with Crippen LogP contribution in [0.4, 0.5) is 0 Å². The van der Waals surface area contributed by atoms with Gasteiger partial charge in [0, 0.05) is 10.4 Å². The van der Waals surface area contributed by atoms with Gasteiger partial charge >= 0.3 is 0 Å². The van der Waals surface area contributed by atoms with Crippen LogP contribution in [-0.4, -0.2) is 12.1 Å². The van der Waals surface area contributed by atoms with Crippen molar-refractivity contribution >= 4 is 22.9 Å². The lowest BCUT2D eigenvalue weighted by Gasteiger charge is -2.05. The van der Waals surface area contributed by atoms with Gasteiger partial charge in [0.1, 0.15) is 16.8 Å². The molecule has 0 aliphatic rings. The molecule has 1 aromatic carbocycles. The first kappa shape index (κ1) is 10.9. The number of nitriles is 1. The normalized spacial score (nSPS) is 9.81. The summed E-state index contributed by atoms with van der Waals surface area (Å²) in [7, 11) is 1.59. The summed E-state index contributed by atoms with van der Waals surface area (Å²) < 4.78 is 5.22. The monoisotopic (exact) mass is 250 g/mol. The lowest BCUT2D eigenvalue weighted by Crippen LogP contribution is -1.87. The van der Waals surface area contributed by atoms with Gasteiger partial charge in [-0.3, -0.25) is 0 Å². The summed E-state index contributed by atoms with van der Waals surface area (Å²) in [6.07, 6.45) is 0. The van der Waals surface area contributed by atoms with E-state index in [1.54, 1.807) is 30.7 Å². The largest absolute Gasteiger partial charge is 0.496 e. The van der Waals surface area contributed by atoms with Gasteiger partial charge in [-0.25, -0.2) is 4.98 Å².